The molecule has 1 aliphatic heterocycles. The Morgan fingerprint density at radius 1 is 1.32 bits per heavy atom. The van der Waals surface area contributed by atoms with Gasteiger partial charge in [-0.05, 0) is 30.7 Å². The molecule has 0 radical (unpaired) electrons. The molecule has 1 aliphatic rings. The van der Waals surface area contributed by atoms with E-state index in [4.69, 9.17) is 9.94 Å². The summed E-state index contributed by atoms with van der Waals surface area (Å²) in [4.78, 5) is 22.5. The van der Waals surface area contributed by atoms with Gasteiger partial charge in [-0.1, -0.05) is 26.4 Å². The van der Waals surface area contributed by atoms with Gasteiger partial charge in [0, 0.05) is 25.4 Å². The molecule has 13 heteroatoms. The van der Waals surface area contributed by atoms with Crippen LogP contribution in [0.3, 0.4) is 0 Å². The Hall–Kier alpha value is -1.96. The van der Waals surface area contributed by atoms with Crippen molar-refractivity contribution in [3.63, 3.8) is 0 Å². The van der Waals surface area contributed by atoms with Gasteiger partial charge in [-0.3, -0.25) is 19.7 Å². The van der Waals surface area contributed by atoms with Gasteiger partial charge in [0.1, 0.15) is 16.5 Å². The molecule has 3 N–H and O–H groups in total. The summed E-state index contributed by atoms with van der Waals surface area (Å²) < 4.78 is 70.1. The Labute approximate surface area is 157 Å². The molecule has 28 heavy (non-hydrogen) atoms. The van der Waals surface area contributed by atoms with Gasteiger partial charge in [0.15, 0.2) is 0 Å². The van der Waals surface area contributed by atoms with Crippen molar-refractivity contribution >= 4 is 28.2 Å². The molecule has 0 aliphatic carbocycles. The average Bonchev–Trinajstić information content (AvgIpc) is 2.57. The fourth-order valence-corrected chi connectivity index (χ4v) is 3.53. The van der Waals surface area contributed by atoms with Crippen LogP contribution in [0.25, 0.3) is 0 Å². The number of rotatable bonds is 9. The van der Waals surface area contributed by atoms with Gasteiger partial charge in [0.2, 0.25) is 6.41 Å². The highest BCUT2D eigenvalue weighted by Gasteiger charge is 2.65. The number of halogens is 5. The summed E-state index contributed by atoms with van der Waals surface area (Å²) >= 11 is 0. The van der Waals surface area contributed by atoms with Gasteiger partial charge >= 0.3 is 10.2 Å². The molecule has 2 amide bonds. The lowest BCUT2D eigenvalue weighted by Crippen LogP contribution is -2.74. The Kier molecular flexibility index (Phi) is 5.44. The Balaban J connectivity index is 2.45. The smallest absolute Gasteiger partial charge is 0.310 e. The fraction of sp³-hybridized carbons (Fsp3) is 0.467. The largest absolute Gasteiger partial charge is 0.370 e. The highest BCUT2D eigenvalue weighted by Crippen LogP contribution is 3.02. The molecule has 1 unspecified atom stereocenters. The monoisotopic (exact) mass is 433 g/mol. The van der Waals surface area contributed by atoms with E-state index in [-0.39, 0.29) is 43.9 Å². The first-order valence-corrected chi connectivity index (χ1v) is 10.1. The van der Waals surface area contributed by atoms with Crippen molar-refractivity contribution in [1.82, 2.24) is 10.8 Å². The lowest BCUT2D eigenvalue weighted by Gasteiger charge is -2.49. The van der Waals surface area contributed by atoms with Gasteiger partial charge in [-0.25, -0.2) is 5.48 Å². The second kappa shape index (κ2) is 6.83. The number of carbonyl (C=O) groups is 2. The number of carbonyl (C=O) groups excluding carboxylic acids is 2. The van der Waals surface area contributed by atoms with Crippen molar-refractivity contribution < 1.29 is 39.0 Å². The summed E-state index contributed by atoms with van der Waals surface area (Å²) in [6.07, 6.45) is 0.735. The van der Waals surface area contributed by atoms with E-state index in [0.29, 0.717) is 18.6 Å². The third-order valence-electron chi connectivity index (χ3n) is 4.27. The standard InChI is InChI=1S/C15H20F5N3O4S/c1-2-7-27-15(8-21-9-15)13(14(25)22-26)23(10-24)11-3-5-12(6-4-11)28(16,17,18,19)20/h3-6,10,13,21,26H,2,7-9H2,1H3,(H,22,25). The normalized spacial score (nSPS) is 19.5. The van der Waals surface area contributed by atoms with Crippen LogP contribution in [-0.2, 0) is 14.3 Å². The zero-order valence-electron chi connectivity index (χ0n) is 14.7. The molecule has 2 rings (SSSR count). The highest BCUT2D eigenvalue weighted by atomic mass is 32.5. The number of nitrogens with zero attached hydrogens (tertiary/aromatic N) is 1. The Bertz CT molecular complexity index is 741. The van der Waals surface area contributed by atoms with E-state index in [2.05, 4.69) is 5.32 Å². The van der Waals surface area contributed by atoms with Gasteiger partial charge < -0.3 is 10.1 Å². The quantitative estimate of drug-likeness (QED) is 0.241. The van der Waals surface area contributed by atoms with E-state index in [1.54, 1.807) is 6.92 Å². The van der Waals surface area contributed by atoms with E-state index < -0.39 is 32.7 Å². The molecule has 0 saturated carbocycles. The first kappa shape index (κ1) is 22.3. The van der Waals surface area contributed by atoms with Crippen LogP contribution >= 0.6 is 10.2 Å². The second-order valence-corrected chi connectivity index (χ2v) is 8.78. The molecule has 1 atom stereocenters. The second-order valence-electron chi connectivity index (χ2n) is 6.37. The summed E-state index contributed by atoms with van der Waals surface area (Å²) in [5.41, 5.74) is -0.0908. The minimum Gasteiger partial charge on any atom is -0.370 e. The minimum absolute atomic E-state index is 0.124. The van der Waals surface area contributed by atoms with Crippen molar-refractivity contribution in [2.75, 3.05) is 24.6 Å². The van der Waals surface area contributed by atoms with Crippen LogP contribution < -0.4 is 15.7 Å². The molecule has 1 heterocycles. The van der Waals surface area contributed by atoms with E-state index >= 15 is 0 Å². The summed E-state index contributed by atoms with van der Waals surface area (Å²) in [6, 6.07) is 0.131. The number of hydroxylamine groups is 1. The molecular weight excluding hydrogens is 413 g/mol. The molecule has 0 spiro atoms. The summed E-state index contributed by atoms with van der Waals surface area (Å²) in [5, 5.41) is 11.9. The lowest BCUT2D eigenvalue weighted by atomic mass is 9.85. The van der Waals surface area contributed by atoms with Crippen LogP contribution in [0, 0.1) is 0 Å². The maximum absolute atomic E-state index is 12.9. The number of amides is 2. The predicted octanol–water partition coefficient (Wildman–Crippen LogP) is 2.95. The molecule has 0 bridgehead atoms. The topological polar surface area (TPSA) is 90.9 Å². The maximum Gasteiger partial charge on any atom is 0.310 e. The van der Waals surface area contributed by atoms with Crippen LogP contribution in [-0.4, -0.2) is 48.9 Å². The highest BCUT2D eigenvalue weighted by molar-refractivity contribution is 8.45. The maximum atomic E-state index is 12.9. The van der Waals surface area contributed by atoms with Crippen LogP contribution in [0.2, 0.25) is 0 Å². The summed E-state index contributed by atoms with van der Waals surface area (Å²) in [5.74, 6) is -1.04. The molecule has 0 aromatic heterocycles. The van der Waals surface area contributed by atoms with Crippen LogP contribution in [0.1, 0.15) is 13.3 Å². The minimum atomic E-state index is -9.88. The Morgan fingerprint density at radius 3 is 2.25 bits per heavy atom. The van der Waals surface area contributed by atoms with E-state index in [9.17, 15) is 29.0 Å². The lowest BCUT2D eigenvalue weighted by molar-refractivity contribution is -0.149. The number of hydrogen-bond donors (Lipinski definition) is 3. The van der Waals surface area contributed by atoms with Crippen LogP contribution in [0.15, 0.2) is 29.2 Å². The van der Waals surface area contributed by atoms with E-state index in [1.165, 1.54) is 5.48 Å². The first-order valence-electron chi connectivity index (χ1n) is 8.14. The SMILES string of the molecule is CCCOC1(C(C(=O)NO)N(C=O)c2ccc(S(F)(F)(F)(F)F)cc2)CNC1. The number of anilines is 1. The molecular formula is C15H20F5N3O4S. The molecule has 1 aromatic rings. The number of nitrogens with one attached hydrogen (secondary N) is 2. The summed E-state index contributed by atoms with van der Waals surface area (Å²) in [7, 11) is -9.88. The molecule has 7 nitrogen and oxygen atoms in total. The zero-order chi connectivity index (χ0) is 21.3. The van der Waals surface area contributed by atoms with Crippen molar-refractivity contribution in [1.29, 1.82) is 0 Å². The van der Waals surface area contributed by atoms with Crippen molar-refractivity contribution in [2.45, 2.75) is 29.9 Å². The van der Waals surface area contributed by atoms with Gasteiger partial charge in [0.05, 0.1) is 0 Å². The average molecular weight is 433 g/mol. The summed E-state index contributed by atoms with van der Waals surface area (Å²) in [6.45, 7) is 2.27. The number of ether oxygens (including phenoxy) is 1. The van der Waals surface area contributed by atoms with E-state index in [1.807, 2.05) is 0 Å². The molecule has 1 fully saturated rings. The molecule has 1 aromatic carbocycles. The first-order chi connectivity index (χ1) is 12.8. The van der Waals surface area contributed by atoms with Crippen molar-refractivity contribution in [3.05, 3.63) is 24.3 Å². The number of hydrogen-bond acceptors (Lipinski definition) is 5. The molecule has 1 saturated heterocycles. The third kappa shape index (κ3) is 4.54. The van der Waals surface area contributed by atoms with Crippen molar-refractivity contribution in [3.8, 4) is 0 Å². The number of benzene rings is 1. The van der Waals surface area contributed by atoms with Crippen LogP contribution in [0.5, 0.6) is 0 Å². The zero-order valence-corrected chi connectivity index (χ0v) is 15.5. The fourth-order valence-electron chi connectivity index (χ4n) is 2.88. The van der Waals surface area contributed by atoms with Gasteiger partial charge in [-0.2, -0.15) is 0 Å². The van der Waals surface area contributed by atoms with Crippen LogP contribution in [0.4, 0.5) is 25.1 Å². The Morgan fingerprint density at radius 2 is 1.89 bits per heavy atom. The van der Waals surface area contributed by atoms with Gasteiger partial charge in [-0.15, -0.1) is 0 Å². The third-order valence-corrected chi connectivity index (χ3v) is 5.43. The van der Waals surface area contributed by atoms with Crippen molar-refractivity contribution in [2.24, 2.45) is 0 Å². The molecule has 160 valence electrons. The van der Waals surface area contributed by atoms with Gasteiger partial charge in [0.25, 0.3) is 5.91 Å². The van der Waals surface area contributed by atoms with E-state index in [0.717, 1.165) is 4.90 Å². The predicted molar refractivity (Wildman–Crippen MR) is 91.9 cm³/mol.